The van der Waals surface area contributed by atoms with Gasteiger partial charge in [-0.15, -0.1) is 0 Å². The highest BCUT2D eigenvalue weighted by Crippen LogP contribution is 2.24. The minimum Gasteiger partial charge on any atom is -0.481 e. The van der Waals surface area contributed by atoms with Crippen molar-refractivity contribution in [2.45, 2.75) is 38.3 Å². The van der Waals surface area contributed by atoms with Crippen molar-refractivity contribution in [3.05, 3.63) is 35.9 Å². The number of benzene rings is 1. The van der Waals surface area contributed by atoms with Crippen molar-refractivity contribution in [3.8, 4) is 0 Å². The Hall–Kier alpha value is -2.08. The Balaban J connectivity index is 1.40. The van der Waals surface area contributed by atoms with Gasteiger partial charge in [-0.25, -0.2) is 4.79 Å². The highest BCUT2D eigenvalue weighted by Gasteiger charge is 2.31. The van der Waals surface area contributed by atoms with Crippen LogP contribution in [0.2, 0.25) is 0 Å². The number of ether oxygens (including phenoxy) is 1. The standard InChI is InChI=1S/C19H26N2O4/c22-18(23)16-6-10-20(11-7-16)17-8-12-21(13-9-17)19(24)25-14-15-4-2-1-3-5-15/h1-5,16-17H,6-14H2,(H,22,23). The van der Waals surface area contributed by atoms with Crippen molar-refractivity contribution in [3.63, 3.8) is 0 Å². The van der Waals surface area contributed by atoms with Crippen molar-refractivity contribution in [2.75, 3.05) is 26.2 Å². The lowest BCUT2D eigenvalue weighted by atomic mass is 9.93. The normalized spacial score (nSPS) is 20.4. The Morgan fingerprint density at radius 3 is 2.24 bits per heavy atom. The molecule has 2 aliphatic heterocycles. The van der Waals surface area contributed by atoms with Crippen molar-refractivity contribution in [1.29, 1.82) is 0 Å². The van der Waals surface area contributed by atoms with Gasteiger partial charge in [0.15, 0.2) is 0 Å². The van der Waals surface area contributed by atoms with E-state index >= 15 is 0 Å². The SMILES string of the molecule is O=C(O)C1CCN(C2CCN(C(=O)OCc3ccccc3)CC2)CC1. The summed E-state index contributed by atoms with van der Waals surface area (Å²) >= 11 is 0. The number of nitrogens with zero attached hydrogens (tertiary/aromatic N) is 2. The molecule has 0 saturated carbocycles. The highest BCUT2D eigenvalue weighted by atomic mass is 16.6. The van der Waals surface area contributed by atoms with Crippen LogP contribution in [0.15, 0.2) is 30.3 Å². The van der Waals surface area contributed by atoms with E-state index in [2.05, 4.69) is 4.90 Å². The monoisotopic (exact) mass is 346 g/mol. The first-order chi connectivity index (χ1) is 12.1. The lowest BCUT2D eigenvalue weighted by Crippen LogP contribution is -2.49. The van der Waals surface area contributed by atoms with Gasteiger partial charge in [0, 0.05) is 19.1 Å². The zero-order chi connectivity index (χ0) is 17.6. The van der Waals surface area contributed by atoms with Crippen molar-refractivity contribution in [1.82, 2.24) is 9.80 Å². The van der Waals surface area contributed by atoms with Crippen LogP contribution in [0.1, 0.15) is 31.2 Å². The number of carboxylic acid groups (broad SMARTS) is 1. The number of carboxylic acids is 1. The maximum absolute atomic E-state index is 12.2. The number of likely N-dealkylation sites (tertiary alicyclic amines) is 2. The fourth-order valence-corrected chi connectivity index (χ4v) is 3.74. The molecule has 0 aromatic heterocycles. The molecule has 1 aromatic carbocycles. The molecule has 0 atom stereocenters. The molecule has 6 heteroatoms. The van der Waals surface area contributed by atoms with Crippen LogP contribution in [-0.2, 0) is 16.1 Å². The fourth-order valence-electron chi connectivity index (χ4n) is 3.74. The molecule has 1 amide bonds. The van der Waals surface area contributed by atoms with Crippen LogP contribution < -0.4 is 0 Å². The largest absolute Gasteiger partial charge is 0.481 e. The summed E-state index contributed by atoms with van der Waals surface area (Å²) in [4.78, 5) is 27.4. The quantitative estimate of drug-likeness (QED) is 0.907. The third-order valence-corrected chi connectivity index (χ3v) is 5.32. The molecule has 1 aromatic rings. The van der Waals surface area contributed by atoms with Crippen molar-refractivity contribution in [2.24, 2.45) is 5.92 Å². The summed E-state index contributed by atoms with van der Waals surface area (Å²) in [7, 11) is 0. The van der Waals surface area contributed by atoms with E-state index in [0.717, 1.165) is 44.3 Å². The zero-order valence-electron chi connectivity index (χ0n) is 14.5. The van der Waals surface area contributed by atoms with E-state index in [1.807, 2.05) is 30.3 Å². The smallest absolute Gasteiger partial charge is 0.410 e. The summed E-state index contributed by atoms with van der Waals surface area (Å²) in [5, 5.41) is 9.09. The average Bonchev–Trinajstić information content (AvgIpc) is 2.67. The Morgan fingerprint density at radius 2 is 1.64 bits per heavy atom. The van der Waals surface area contributed by atoms with Gasteiger partial charge in [-0.1, -0.05) is 30.3 Å². The molecule has 0 unspecified atom stereocenters. The van der Waals surface area contributed by atoms with Gasteiger partial charge < -0.3 is 19.6 Å². The maximum atomic E-state index is 12.2. The molecule has 2 aliphatic rings. The first kappa shape index (κ1) is 17.7. The van der Waals surface area contributed by atoms with Crippen LogP contribution in [0, 0.1) is 5.92 Å². The maximum Gasteiger partial charge on any atom is 0.410 e. The predicted molar refractivity (Wildman–Crippen MR) is 93.2 cm³/mol. The van der Waals surface area contributed by atoms with Crippen LogP contribution in [0.3, 0.4) is 0 Å². The second-order valence-corrected chi connectivity index (χ2v) is 6.91. The minimum absolute atomic E-state index is 0.190. The summed E-state index contributed by atoms with van der Waals surface area (Å²) in [6, 6.07) is 10.1. The Bertz CT molecular complexity index is 576. The molecule has 1 N–H and O–H groups in total. The van der Waals surface area contributed by atoms with E-state index in [9.17, 15) is 9.59 Å². The minimum atomic E-state index is -0.671. The molecule has 0 radical (unpaired) electrons. The zero-order valence-corrected chi connectivity index (χ0v) is 14.5. The van der Waals surface area contributed by atoms with E-state index in [0.29, 0.717) is 25.7 Å². The summed E-state index contributed by atoms with van der Waals surface area (Å²) in [6.45, 7) is 3.41. The predicted octanol–water partition coefficient (Wildman–Crippen LogP) is 2.58. The topological polar surface area (TPSA) is 70.1 Å². The molecule has 3 rings (SSSR count). The number of carbonyl (C=O) groups excluding carboxylic acids is 1. The summed E-state index contributed by atoms with van der Waals surface area (Å²) < 4.78 is 5.40. The first-order valence-corrected chi connectivity index (χ1v) is 9.06. The van der Waals surface area contributed by atoms with Gasteiger partial charge in [0.05, 0.1) is 5.92 Å². The van der Waals surface area contributed by atoms with Gasteiger partial charge >= 0.3 is 12.1 Å². The number of rotatable bonds is 4. The Kier molecular flexibility index (Phi) is 5.91. The molecule has 25 heavy (non-hydrogen) atoms. The second kappa shape index (κ2) is 8.34. The van der Waals surface area contributed by atoms with Gasteiger partial charge in [-0.3, -0.25) is 4.79 Å². The van der Waals surface area contributed by atoms with Gasteiger partial charge in [0.25, 0.3) is 0 Å². The fraction of sp³-hybridized carbons (Fsp3) is 0.579. The highest BCUT2D eigenvalue weighted by molar-refractivity contribution is 5.70. The van der Waals surface area contributed by atoms with Gasteiger partial charge in [-0.2, -0.15) is 0 Å². The number of hydrogen-bond acceptors (Lipinski definition) is 4. The lowest BCUT2D eigenvalue weighted by Gasteiger charge is -2.40. The molecular weight excluding hydrogens is 320 g/mol. The summed E-state index contributed by atoms with van der Waals surface area (Å²) in [5.41, 5.74) is 0.993. The molecule has 2 saturated heterocycles. The van der Waals surface area contributed by atoms with Crippen LogP contribution in [0.5, 0.6) is 0 Å². The van der Waals surface area contributed by atoms with Gasteiger partial charge in [-0.05, 0) is 44.3 Å². The van der Waals surface area contributed by atoms with Gasteiger partial charge in [0.2, 0.25) is 0 Å². The molecule has 6 nitrogen and oxygen atoms in total. The number of aliphatic carboxylic acids is 1. The van der Waals surface area contributed by atoms with E-state index in [1.54, 1.807) is 4.90 Å². The average molecular weight is 346 g/mol. The van der Waals surface area contributed by atoms with E-state index in [4.69, 9.17) is 9.84 Å². The Labute approximate surface area is 148 Å². The van der Waals surface area contributed by atoms with E-state index in [1.165, 1.54) is 0 Å². The van der Waals surface area contributed by atoms with Crippen LogP contribution >= 0.6 is 0 Å². The van der Waals surface area contributed by atoms with Crippen LogP contribution in [-0.4, -0.2) is 59.2 Å². The van der Waals surface area contributed by atoms with Crippen molar-refractivity contribution >= 4 is 12.1 Å². The summed E-state index contributed by atoms with van der Waals surface area (Å²) in [5.74, 6) is -0.861. The molecule has 0 aliphatic carbocycles. The third-order valence-electron chi connectivity index (χ3n) is 5.32. The molecule has 0 bridgehead atoms. The number of piperidine rings is 2. The van der Waals surface area contributed by atoms with E-state index < -0.39 is 5.97 Å². The first-order valence-electron chi connectivity index (χ1n) is 9.06. The number of hydrogen-bond donors (Lipinski definition) is 1. The molecule has 0 spiro atoms. The third kappa shape index (κ3) is 4.72. The van der Waals surface area contributed by atoms with E-state index in [-0.39, 0.29) is 12.0 Å². The number of carbonyl (C=O) groups is 2. The number of amides is 1. The lowest BCUT2D eigenvalue weighted by molar-refractivity contribution is -0.143. The molecular formula is C19H26N2O4. The van der Waals surface area contributed by atoms with Gasteiger partial charge in [0.1, 0.15) is 6.61 Å². The van der Waals surface area contributed by atoms with Crippen molar-refractivity contribution < 1.29 is 19.4 Å². The summed E-state index contributed by atoms with van der Waals surface area (Å²) in [6.07, 6.45) is 3.08. The second-order valence-electron chi connectivity index (χ2n) is 6.91. The van der Waals surface area contributed by atoms with Crippen LogP contribution in [0.25, 0.3) is 0 Å². The molecule has 2 fully saturated rings. The Morgan fingerprint density at radius 1 is 1.00 bits per heavy atom. The van der Waals surface area contributed by atoms with Crippen LogP contribution in [0.4, 0.5) is 4.79 Å². The molecule has 136 valence electrons. The molecule has 2 heterocycles.